The van der Waals surface area contributed by atoms with Crippen LogP contribution in [-0.4, -0.2) is 23.4 Å². The maximum atomic E-state index is 13.0. The third-order valence-corrected chi connectivity index (χ3v) is 3.56. The van der Waals surface area contributed by atoms with Crippen molar-refractivity contribution >= 4 is 5.69 Å². The van der Waals surface area contributed by atoms with E-state index >= 15 is 0 Å². The van der Waals surface area contributed by atoms with Crippen LogP contribution < -0.4 is 10.6 Å². The first-order valence-electron chi connectivity index (χ1n) is 6.21. The van der Waals surface area contributed by atoms with E-state index in [1.165, 1.54) is 12.1 Å². The van der Waals surface area contributed by atoms with Crippen LogP contribution in [0.4, 0.5) is 10.1 Å². The summed E-state index contributed by atoms with van der Waals surface area (Å²) < 4.78 is 14.8. The molecule has 0 fully saturated rings. The van der Waals surface area contributed by atoms with Gasteiger partial charge in [0.05, 0.1) is 12.2 Å². The fraction of sp³-hybridized carbons (Fsp3) is 0.357. The summed E-state index contributed by atoms with van der Waals surface area (Å²) >= 11 is 0. The number of aromatic nitrogens is 2. The van der Waals surface area contributed by atoms with Gasteiger partial charge in [-0.15, -0.1) is 0 Å². The Balaban J connectivity index is 2.31. The summed E-state index contributed by atoms with van der Waals surface area (Å²) in [5.41, 5.74) is 9.01. The van der Waals surface area contributed by atoms with Crippen LogP contribution in [0.3, 0.4) is 0 Å². The van der Waals surface area contributed by atoms with Crippen molar-refractivity contribution < 1.29 is 4.39 Å². The molecule has 2 N–H and O–H groups in total. The molecule has 0 saturated carbocycles. The average molecular weight is 262 g/mol. The summed E-state index contributed by atoms with van der Waals surface area (Å²) in [5.74, 6) is -0.237. The van der Waals surface area contributed by atoms with E-state index in [2.05, 4.69) is 5.10 Å². The third kappa shape index (κ3) is 2.61. The van der Waals surface area contributed by atoms with Gasteiger partial charge in [0.25, 0.3) is 0 Å². The van der Waals surface area contributed by atoms with Gasteiger partial charge in [0.2, 0.25) is 0 Å². The molecule has 0 amide bonds. The van der Waals surface area contributed by atoms with E-state index in [0.717, 1.165) is 16.9 Å². The third-order valence-electron chi connectivity index (χ3n) is 3.56. The SMILES string of the molecule is Cc1c(C(CN)N(C)c2ccc(F)cc2)cnn1C. The molecule has 2 rings (SSSR count). The van der Waals surface area contributed by atoms with Crippen molar-refractivity contribution in [1.82, 2.24) is 9.78 Å². The van der Waals surface area contributed by atoms with Crippen LogP contribution in [0.5, 0.6) is 0 Å². The smallest absolute Gasteiger partial charge is 0.123 e. The zero-order chi connectivity index (χ0) is 14.0. The van der Waals surface area contributed by atoms with E-state index in [1.807, 2.05) is 36.8 Å². The molecule has 0 aliphatic carbocycles. The van der Waals surface area contributed by atoms with Crippen molar-refractivity contribution in [3.8, 4) is 0 Å². The zero-order valence-electron chi connectivity index (χ0n) is 11.5. The minimum Gasteiger partial charge on any atom is -0.366 e. The van der Waals surface area contributed by atoms with Gasteiger partial charge in [-0.05, 0) is 31.2 Å². The number of rotatable bonds is 4. The molecule has 102 valence electrons. The molecule has 0 bridgehead atoms. The lowest BCUT2D eigenvalue weighted by molar-refractivity contribution is 0.626. The summed E-state index contributed by atoms with van der Waals surface area (Å²) in [5, 5.41) is 4.25. The Kier molecular flexibility index (Phi) is 3.85. The number of hydrogen-bond acceptors (Lipinski definition) is 3. The van der Waals surface area contributed by atoms with Crippen molar-refractivity contribution in [2.45, 2.75) is 13.0 Å². The summed E-state index contributed by atoms with van der Waals surface area (Å²) in [6.45, 7) is 2.49. The summed E-state index contributed by atoms with van der Waals surface area (Å²) in [4.78, 5) is 2.05. The second-order valence-corrected chi connectivity index (χ2v) is 4.65. The first kappa shape index (κ1) is 13.5. The predicted molar refractivity (Wildman–Crippen MR) is 74.5 cm³/mol. The molecule has 1 aromatic heterocycles. The number of hydrogen-bond donors (Lipinski definition) is 1. The van der Waals surface area contributed by atoms with Crippen LogP contribution in [-0.2, 0) is 7.05 Å². The van der Waals surface area contributed by atoms with Gasteiger partial charge in [0.1, 0.15) is 5.82 Å². The average Bonchev–Trinajstić information content (AvgIpc) is 2.73. The fourth-order valence-corrected chi connectivity index (χ4v) is 2.19. The fourth-order valence-electron chi connectivity index (χ4n) is 2.19. The van der Waals surface area contributed by atoms with Gasteiger partial charge < -0.3 is 10.6 Å². The molecule has 5 heteroatoms. The van der Waals surface area contributed by atoms with E-state index in [9.17, 15) is 4.39 Å². The van der Waals surface area contributed by atoms with Crippen LogP contribution >= 0.6 is 0 Å². The molecule has 19 heavy (non-hydrogen) atoms. The molecule has 0 aliphatic heterocycles. The number of likely N-dealkylation sites (N-methyl/N-ethyl adjacent to an activating group) is 1. The van der Waals surface area contributed by atoms with Gasteiger partial charge in [-0.1, -0.05) is 0 Å². The number of halogens is 1. The number of benzene rings is 1. The molecule has 1 aromatic carbocycles. The second kappa shape index (κ2) is 5.40. The Bertz CT molecular complexity index is 547. The molecule has 1 unspecified atom stereocenters. The summed E-state index contributed by atoms with van der Waals surface area (Å²) in [6.07, 6.45) is 1.84. The molecule has 0 aliphatic rings. The van der Waals surface area contributed by atoms with Crippen molar-refractivity contribution in [3.05, 3.63) is 47.5 Å². The Labute approximate surface area is 112 Å². The van der Waals surface area contributed by atoms with Crippen molar-refractivity contribution in [2.24, 2.45) is 12.8 Å². The van der Waals surface area contributed by atoms with Crippen LogP contribution in [0.15, 0.2) is 30.5 Å². The highest BCUT2D eigenvalue weighted by Gasteiger charge is 2.20. The monoisotopic (exact) mass is 262 g/mol. The Morgan fingerprint density at radius 1 is 1.37 bits per heavy atom. The normalized spacial score (nSPS) is 12.5. The minimum absolute atomic E-state index is 0.0270. The van der Waals surface area contributed by atoms with Gasteiger partial charge >= 0.3 is 0 Å². The topological polar surface area (TPSA) is 47.1 Å². The number of anilines is 1. The quantitative estimate of drug-likeness (QED) is 0.916. The maximum absolute atomic E-state index is 13.0. The molecule has 1 heterocycles. The van der Waals surface area contributed by atoms with Gasteiger partial charge in [-0.3, -0.25) is 4.68 Å². The molecule has 0 radical (unpaired) electrons. The van der Waals surface area contributed by atoms with E-state index in [0.29, 0.717) is 6.54 Å². The number of aryl methyl sites for hydroxylation is 1. The maximum Gasteiger partial charge on any atom is 0.123 e. The molecule has 4 nitrogen and oxygen atoms in total. The standard InChI is InChI=1S/C14H19FN4/c1-10-13(9-17-19(10)3)14(8-16)18(2)12-6-4-11(15)5-7-12/h4-7,9,14H,8,16H2,1-3H3. The van der Waals surface area contributed by atoms with Crippen LogP contribution in [0.25, 0.3) is 0 Å². The lowest BCUT2D eigenvalue weighted by atomic mass is 10.1. The lowest BCUT2D eigenvalue weighted by Gasteiger charge is -2.29. The van der Waals surface area contributed by atoms with E-state index < -0.39 is 0 Å². The van der Waals surface area contributed by atoms with E-state index in [1.54, 1.807) is 12.1 Å². The zero-order valence-corrected chi connectivity index (χ0v) is 11.5. The lowest BCUT2D eigenvalue weighted by Crippen LogP contribution is -2.30. The molecule has 2 aromatic rings. The minimum atomic E-state index is -0.237. The van der Waals surface area contributed by atoms with Gasteiger partial charge in [0, 0.05) is 37.6 Å². The predicted octanol–water partition coefficient (Wildman–Crippen LogP) is 2.00. The Morgan fingerprint density at radius 3 is 2.47 bits per heavy atom. The van der Waals surface area contributed by atoms with Gasteiger partial charge in [-0.25, -0.2) is 4.39 Å². The highest BCUT2D eigenvalue weighted by Crippen LogP contribution is 2.26. The molecular weight excluding hydrogens is 243 g/mol. The second-order valence-electron chi connectivity index (χ2n) is 4.65. The highest BCUT2D eigenvalue weighted by molar-refractivity contribution is 5.48. The van der Waals surface area contributed by atoms with Crippen LogP contribution in [0.2, 0.25) is 0 Å². The first-order valence-corrected chi connectivity index (χ1v) is 6.21. The van der Waals surface area contributed by atoms with E-state index in [-0.39, 0.29) is 11.9 Å². The molecular formula is C14H19FN4. The summed E-state index contributed by atoms with van der Waals surface area (Å²) in [6, 6.07) is 6.44. The number of nitrogens with two attached hydrogens (primary N) is 1. The van der Waals surface area contributed by atoms with Crippen LogP contribution in [0.1, 0.15) is 17.3 Å². The highest BCUT2D eigenvalue weighted by atomic mass is 19.1. The number of nitrogens with zero attached hydrogens (tertiary/aromatic N) is 3. The van der Waals surface area contributed by atoms with Crippen molar-refractivity contribution in [1.29, 1.82) is 0 Å². The van der Waals surface area contributed by atoms with E-state index in [4.69, 9.17) is 5.73 Å². The molecule has 1 atom stereocenters. The molecule has 0 saturated heterocycles. The largest absolute Gasteiger partial charge is 0.366 e. The molecule has 0 spiro atoms. The Morgan fingerprint density at radius 2 is 2.00 bits per heavy atom. The van der Waals surface area contributed by atoms with Crippen molar-refractivity contribution in [3.63, 3.8) is 0 Å². The van der Waals surface area contributed by atoms with Crippen LogP contribution in [0, 0.1) is 12.7 Å². The van der Waals surface area contributed by atoms with Crippen molar-refractivity contribution in [2.75, 3.05) is 18.5 Å². The summed E-state index contributed by atoms with van der Waals surface area (Å²) in [7, 11) is 3.86. The van der Waals surface area contributed by atoms with Gasteiger partial charge in [0.15, 0.2) is 0 Å². The first-order chi connectivity index (χ1) is 9.04. The Hall–Kier alpha value is -1.88. The van der Waals surface area contributed by atoms with Gasteiger partial charge in [-0.2, -0.15) is 5.10 Å².